The highest BCUT2D eigenvalue weighted by Crippen LogP contribution is 2.32. The van der Waals surface area contributed by atoms with Gasteiger partial charge in [-0.2, -0.15) is 0 Å². The molecule has 114 valence electrons. The molecule has 0 atom stereocenters. The Kier molecular flexibility index (Phi) is 4.42. The fourth-order valence-corrected chi connectivity index (χ4v) is 2.50. The lowest BCUT2D eigenvalue weighted by molar-refractivity contribution is 0.0695. The van der Waals surface area contributed by atoms with Crippen molar-refractivity contribution in [2.24, 2.45) is 0 Å². The Balaban J connectivity index is 2.98. The first-order chi connectivity index (χ1) is 10.2. The number of carboxylic acids is 2. The van der Waals surface area contributed by atoms with Gasteiger partial charge in [0.25, 0.3) is 5.56 Å². The minimum absolute atomic E-state index is 0.179. The van der Waals surface area contributed by atoms with E-state index in [0.29, 0.717) is 8.59 Å². The Bertz CT molecular complexity index is 862. The van der Waals surface area contributed by atoms with Gasteiger partial charge in [0.2, 0.25) is 0 Å². The van der Waals surface area contributed by atoms with Crippen molar-refractivity contribution in [3.8, 4) is 11.1 Å². The first-order valence-corrected chi connectivity index (χ1v) is 7.17. The second-order valence-corrected chi connectivity index (χ2v) is 5.80. The van der Waals surface area contributed by atoms with Gasteiger partial charge in [0, 0.05) is 9.13 Å². The van der Waals surface area contributed by atoms with Crippen LogP contribution in [0.1, 0.15) is 20.7 Å². The van der Waals surface area contributed by atoms with E-state index >= 15 is 0 Å². The van der Waals surface area contributed by atoms with Crippen LogP contribution in [0.25, 0.3) is 11.1 Å². The standard InChI is InChI=1S/C13H8ClIN2O5/c14-5-3-4(1-2-6(5)15)7-8(12(19)20)10(16)17-11(18)9(7)13(21)22/h1-3H,(H,19,20)(H,21,22)(H3,16,17,18). The van der Waals surface area contributed by atoms with Crippen molar-refractivity contribution in [1.29, 1.82) is 0 Å². The van der Waals surface area contributed by atoms with Crippen molar-refractivity contribution in [2.75, 3.05) is 5.73 Å². The number of nitrogens with two attached hydrogens (primary N) is 1. The van der Waals surface area contributed by atoms with Crippen LogP contribution in [0, 0.1) is 3.57 Å². The highest BCUT2D eigenvalue weighted by molar-refractivity contribution is 14.1. The van der Waals surface area contributed by atoms with Crippen molar-refractivity contribution in [3.63, 3.8) is 0 Å². The molecule has 0 aliphatic heterocycles. The summed E-state index contributed by atoms with van der Waals surface area (Å²) in [6.07, 6.45) is 0. The number of nitrogens with one attached hydrogen (secondary N) is 1. The Labute approximate surface area is 141 Å². The van der Waals surface area contributed by atoms with Crippen molar-refractivity contribution in [1.82, 2.24) is 4.98 Å². The van der Waals surface area contributed by atoms with Gasteiger partial charge in [-0.3, -0.25) is 4.79 Å². The van der Waals surface area contributed by atoms with Crippen molar-refractivity contribution >= 4 is 51.9 Å². The van der Waals surface area contributed by atoms with Gasteiger partial charge >= 0.3 is 11.9 Å². The minimum atomic E-state index is -1.56. The summed E-state index contributed by atoms with van der Waals surface area (Å²) in [4.78, 5) is 36.7. The Morgan fingerprint density at radius 2 is 1.77 bits per heavy atom. The smallest absolute Gasteiger partial charge is 0.342 e. The van der Waals surface area contributed by atoms with E-state index in [1.807, 2.05) is 27.6 Å². The molecule has 0 amide bonds. The Morgan fingerprint density at radius 1 is 1.18 bits per heavy atom. The number of halogens is 2. The number of benzene rings is 1. The van der Waals surface area contributed by atoms with Gasteiger partial charge in [0.15, 0.2) is 0 Å². The molecule has 0 fully saturated rings. The average Bonchev–Trinajstić information content (AvgIpc) is 2.39. The van der Waals surface area contributed by atoms with Crippen LogP contribution in [-0.2, 0) is 0 Å². The zero-order valence-corrected chi connectivity index (χ0v) is 13.6. The number of carbonyl (C=O) groups is 2. The summed E-state index contributed by atoms with van der Waals surface area (Å²) in [5.41, 5.74) is 3.25. The monoisotopic (exact) mass is 434 g/mol. The summed E-state index contributed by atoms with van der Waals surface area (Å²) in [7, 11) is 0. The molecule has 0 unspecified atom stereocenters. The maximum atomic E-state index is 11.9. The largest absolute Gasteiger partial charge is 0.478 e. The second-order valence-electron chi connectivity index (χ2n) is 4.23. The molecule has 1 heterocycles. The number of anilines is 1. The van der Waals surface area contributed by atoms with Gasteiger partial charge in [-0.15, -0.1) is 0 Å². The number of carboxylic acid groups (broad SMARTS) is 2. The molecule has 0 saturated carbocycles. The number of H-pyrrole nitrogens is 1. The minimum Gasteiger partial charge on any atom is -0.478 e. The van der Waals surface area contributed by atoms with E-state index in [0.717, 1.165) is 0 Å². The first kappa shape index (κ1) is 16.3. The number of aromatic amines is 1. The van der Waals surface area contributed by atoms with Crippen LogP contribution in [-0.4, -0.2) is 27.1 Å². The van der Waals surface area contributed by atoms with E-state index in [4.69, 9.17) is 17.3 Å². The molecule has 0 saturated heterocycles. The van der Waals surface area contributed by atoms with Crippen LogP contribution < -0.4 is 11.3 Å². The van der Waals surface area contributed by atoms with E-state index in [9.17, 15) is 24.6 Å². The molecule has 9 heteroatoms. The number of rotatable bonds is 3. The first-order valence-electron chi connectivity index (χ1n) is 5.71. The maximum absolute atomic E-state index is 11.9. The van der Waals surface area contributed by atoms with Crippen molar-refractivity contribution < 1.29 is 19.8 Å². The predicted octanol–water partition coefficient (Wildman–Crippen LogP) is 2.28. The molecule has 22 heavy (non-hydrogen) atoms. The molecule has 1 aromatic heterocycles. The summed E-state index contributed by atoms with van der Waals surface area (Å²) in [5.74, 6) is -3.44. The molecule has 2 aromatic rings. The van der Waals surface area contributed by atoms with Crippen molar-refractivity contribution in [3.05, 3.63) is 48.3 Å². The fraction of sp³-hybridized carbons (Fsp3) is 0. The third kappa shape index (κ3) is 2.79. The summed E-state index contributed by atoms with van der Waals surface area (Å²) in [6.45, 7) is 0. The molecule has 1 aromatic carbocycles. The lowest BCUT2D eigenvalue weighted by Crippen LogP contribution is -2.24. The van der Waals surface area contributed by atoms with Gasteiger partial charge < -0.3 is 20.9 Å². The van der Waals surface area contributed by atoms with Gasteiger partial charge in [-0.25, -0.2) is 9.59 Å². The molecule has 0 aliphatic carbocycles. The van der Waals surface area contributed by atoms with E-state index in [2.05, 4.69) is 0 Å². The number of hydrogen-bond donors (Lipinski definition) is 4. The summed E-state index contributed by atoms with van der Waals surface area (Å²) in [6, 6.07) is 4.43. The predicted molar refractivity (Wildman–Crippen MR) is 88.6 cm³/mol. The van der Waals surface area contributed by atoms with Gasteiger partial charge in [-0.1, -0.05) is 17.7 Å². The van der Waals surface area contributed by atoms with Crippen molar-refractivity contribution in [2.45, 2.75) is 0 Å². The molecular weight excluding hydrogens is 427 g/mol. The zero-order valence-electron chi connectivity index (χ0n) is 10.7. The van der Waals surface area contributed by atoms with E-state index < -0.39 is 34.4 Å². The average molecular weight is 435 g/mol. The lowest BCUT2D eigenvalue weighted by atomic mass is 9.95. The van der Waals surface area contributed by atoms with Crippen LogP contribution in [0.4, 0.5) is 5.82 Å². The zero-order chi connectivity index (χ0) is 16.6. The highest BCUT2D eigenvalue weighted by Gasteiger charge is 2.26. The van der Waals surface area contributed by atoms with Crippen LogP contribution in [0.5, 0.6) is 0 Å². The van der Waals surface area contributed by atoms with Gasteiger partial charge in [0.1, 0.15) is 16.9 Å². The number of pyridine rings is 1. The van der Waals surface area contributed by atoms with E-state index in [1.54, 1.807) is 6.07 Å². The second kappa shape index (κ2) is 5.97. The molecule has 5 N–H and O–H groups in total. The summed E-state index contributed by atoms with van der Waals surface area (Å²) < 4.78 is 0.689. The Hall–Kier alpha value is -2.07. The molecule has 0 bridgehead atoms. The molecule has 0 radical (unpaired) electrons. The fourth-order valence-electron chi connectivity index (χ4n) is 1.99. The Morgan fingerprint density at radius 3 is 2.27 bits per heavy atom. The molecule has 2 rings (SSSR count). The molecular formula is C13H8ClIN2O5. The molecule has 7 nitrogen and oxygen atoms in total. The summed E-state index contributed by atoms with van der Waals surface area (Å²) in [5, 5.41) is 18.8. The number of nitrogen functional groups attached to an aromatic ring is 1. The quantitative estimate of drug-likeness (QED) is 0.548. The van der Waals surface area contributed by atoms with Crippen LogP contribution in [0.2, 0.25) is 5.02 Å². The molecule has 0 aliphatic rings. The SMILES string of the molecule is Nc1[nH]c(=O)c(C(=O)O)c(-c2ccc(I)c(Cl)c2)c1C(=O)O. The van der Waals surface area contributed by atoms with E-state index in [-0.39, 0.29) is 11.1 Å². The third-order valence-electron chi connectivity index (χ3n) is 2.88. The highest BCUT2D eigenvalue weighted by atomic mass is 127. The van der Waals surface area contributed by atoms with Crippen LogP contribution in [0.3, 0.4) is 0 Å². The topological polar surface area (TPSA) is 133 Å². The lowest BCUT2D eigenvalue weighted by Gasteiger charge is -2.12. The van der Waals surface area contributed by atoms with E-state index in [1.165, 1.54) is 12.1 Å². The third-order valence-corrected chi connectivity index (χ3v) is 4.45. The maximum Gasteiger partial charge on any atom is 0.342 e. The van der Waals surface area contributed by atoms with Gasteiger partial charge in [-0.05, 0) is 40.3 Å². The van der Waals surface area contributed by atoms with Crippen LogP contribution >= 0.6 is 34.2 Å². The number of aromatic nitrogens is 1. The summed E-state index contributed by atoms with van der Waals surface area (Å²) >= 11 is 7.95. The van der Waals surface area contributed by atoms with Crippen LogP contribution in [0.15, 0.2) is 23.0 Å². The molecule has 0 spiro atoms. The number of aromatic carboxylic acids is 2. The normalized spacial score (nSPS) is 10.5. The van der Waals surface area contributed by atoms with Gasteiger partial charge in [0.05, 0.1) is 5.02 Å². The number of hydrogen-bond acceptors (Lipinski definition) is 4.